The van der Waals surface area contributed by atoms with Gasteiger partial charge in [0.05, 0.1) is 11.9 Å². The molecule has 0 atom stereocenters. The SMILES string of the molecule is CC.Cc1cncc(NS(=O)(=O)c2ccc(F)cc2F)c1. The summed E-state index contributed by atoms with van der Waals surface area (Å²) in [6.45, 7) is 5.74. The van der Waals surface area contributed by atoms with Crippen molar-refractivity contribution >= 4 is 15.7 Å². The molecule has 0 bridgehead atoms. The van der Waals surface area contributed by atoms with Gasteiger partial charge in [0.25, 0.3) is 10.0 Å². The fourth-order valence-electron chi connectivity index (χ4n) is 1.51. The second-order valence-electron chi connectivity index (χ2n) is 3.93. The van der Waals surface area contributed by atoms with Gasteiger partial charge in [-0.2, -0.15) is 0 Å². The molecule has 114 valence electrons. The summed E-state index contributed by atoms with van der Waals surface area (Å²) in [7, 11) is -4.11. The van der Waals surface area contributed by atoms with Gasteiger partial charge in [0.1, 0.15) is 16.5 Å². The molecule has 0 fully saturated rings. The van der Waals surface area contributed by atoms with E-state index in [2.05, 4.69) is 9.71 Å². The molecule has 1 aromatic heterocycles. The molecule has 0 spiro atoms. The van der Waals surface area contributed by atoms with Crippen LogP contribution < -0.4 is 4.72 Å². The van der Waals surface area contributed by atoms with E-state index >= 15 is 0 Å². The van der Waals surface area contributed by atoms with Crippen LogP contribution >= 0.6 is 0 Å². The Morgan fingerprint density at radius 2 is 1.76 bits per heavy atom. The highest BCUT2D eigenvalue weighted by Gasteiger charge is 2.19. The number of halogens is 2. The fraction of sp³-hybridized carbons (Fsp3) is 0.214. The maximum Gasteiger partial charge on any atom is 0.264 e. The van der Waals surface area contributed by atoms with Crippen molar-refractivity contribution in [2.45, 2.75) is 25.7 Å². The Morgan fingerprint density at radius 1 is 1.10 bits per heavy atom. The third kappa shape index (κ3) is 4.49. The minimum absolute atomic E-state index is 0.212. The molecule has 0 unspecified atom stereocenters. The van der Waals surface area contributed by atoms with Crippen LogP contribution in [0.3, 0.4) is 0 Å². The monoisotopic (exact) mass is 314 g/mol. The molecule has 0 aliphatic heterocycles. The van der Waals surface area contributed by atoms with E-state index in [-0.39, 0.29) is 5.69 Å². The number of pyridine rings is 1. The standard InChI is InChI=1S/C12H10F2N2O2S.C2H6/c1-8-4-10(7-15-6-8)16-19(17,18)12-3-2-9(13)5-11(12)14;1-2/h2-7,16H,1H3;1-2H3. The molecule has 0 saturated carbocycles. The molecular formula is C14H16F2N2O2S. The molecular weight excluding hydrogens is 298 g/mol. The lowest BCUT2D eigenvalue weighted by molar-refractivity contribution is 0.551. The summed E-state index contributed by atoms with van der Waals surface area (Å²) >= 11 is 0. The summed E-state index contributed by atoms with van der Waals surface area (Å²) in [5.74, 6) is -1.98. The average Bonchev–Trinajstić information content (AvgIpc) is 2.40. The summed E-state index contributed by atoms with van der Waals surface area (Å²) in [5.41, 5.74) is 0.962. The quantitative estimate of drug-likeness (QED) is 0.943. The van der Waals surface area contributed by atoms with Crippen molar-refractivity contribution in [3.63, 3.8) is 0 Å². The number of nitrogens with one attached hydrogen (secondary N) is 1. The lowest BCUT2D eigenvalue weighted by Gasteiger charge is -2.09. The number of sulfonamides is 1. The number of benzene rings is 1. The molecule has 21 heavy (non-hydrogen) atoms. The molecule has 1 heterocycles. The maximum absolute atomic E-state index is 13.5. The molecule has 0 saturated heterocycles. The zero-order valence-corrected chi connectivity index (χ0v) is 12.7. The third-order valence-corrected chi connectivity index (χ3v) is 3.73. The molecule has 4 nitrogen and oxygen atoms in total. The Labute approximate surface area is 122 Å². The minimum Gasteiger partial charge on any atom is -0.278 e. The molecule has 0 aliphatic carbocycles. The van der Waals surface area contributed by atoms with Crippen molar-refractivity contribution in [1.29, 1.82) is 0 Å². The predicted molar refractivity (Wildman–Crippen MR) is 77.5 cm³/mol. The third-order valence-electron chi connectivity index (χ3n) is 2.31. The Hall–Kier alpha value is -2.02. The number of hydrogen-bond donors (Lipinski definition) is 1. The van der Waals surface area contributed by atoms with Gasteiger partial charge < -0.3 is 0 Å². The van der Waals surface area contributed by atoms with Gasteiger partial charge in [-0.1, -0.05) is 13.8 Å². The summed E-state index contributed by atoms with van der Waals surface area (Å²) in [6.07, 6.45) is 2.85. The second kappa shape index (κ2) is 7.12. The van der Waals surface area contributed by atoms with E-state index in [0.717, 1.165) is 17.7 Å². The number of hydrogen-bond acceptors (Lipinski definition) is 3. The lowest BCUT2D eigenvalue weighted by Crippen LogP contribution is -2.15. The topological polar surface area (TPSA) is 59.1 Å². The van der Waals surface area contributed by atoms with Crippen LogP contribution in [0, 0.1) is 18.6 Å². The van der Waals surface area contributed by atoms with Crippen LogP contribution in [0.2, 0.25) is 0 Å². The van der Waals surface area contributed by atoms with Gasteiger partial charge in [0.15, 0.2) is 0 Å². The smallest absolute Gasteiger partial charge is 0.264 e. The summed E-state index contributed by atoms with van der Waals surface area (Å²) < 4.78 is 52.3. The molecule has 0 radical (unpaired) electrons. The molecule has 2 rings (SSSR count). The van der Waals surface area contributed by atoms with Crippen molar-refractivity contribution in [2.75, 3.05) is 4.72 Å². The molecule has 0 amide bonds. The molecule has 0 aliphatic rings. The maximum atomic E-state index is 13.5. The second-order valence-corrected chi connectivity index (χ2v) is 5.58. The van der Waals surface area contributed by atoms with Crippen molar-refractivity contribution in [3.8, 4) is 0 Å². The van der Waals surface area contributed by atoms with Crippen LogP contribution in [0.25, 0.3) is 0 Å². The normalized spacial score (nSPS) is 10.5. The first kappa shape index (κ1) is 17.0. The average molecular weight is 314 g/mol. The van der Waals surface area contributed by atoms with Gasteiger partial charge in [-0.3, -0.25) is 9.71 Å². The van der Waals surface area contributed by atoms with Gasteiger partial charge >= 0.3 is 0 Å². The highest BCUT2D eigenvalue weighted by Crippen LogP contribution is 2.19. The molecule has 2 aromatic rings. The highest BCUT2D eigenvalue weighted by molar-refractivity contribution is 7.92. The predicted octanol–water partition coefficient (Wildman–Crippen LogP) is 3.50. The zero-order valence-electron chi connectivity index (χ0n) is 11.9. The van der Waals surface area contributed by atoms with Gasteiger partial charge in [0.2, 0.25) is 0 Å². The number of rotatable bonds is 3. The molecule has 7 heteroatoms. The van der Waals surface area contributed by atoms with E-state index in [1.165, 1.54) is 6.20 Å². The summed E-state index contributed by atoms with van der Waals surface area (Å²) in [4.78, 5) is 3.20. The van der Waals surface area contributed by atoms with Gasteiger partial charge in [-0.05, 0) is 30.7 Å². The van der Waals surface area contributed by atoms with Gasteiger partial charge in [0, 0.05) is 12.3 Å². The van der Waals surface area contributed by atoms with E-state index in [9.17, 15) is 17.2 Å². The van der Waals surface area contributed by atoms with Crippen LogP contribution in [-0.2, 0) is 10.0 Å². The van der Waals surface area contributed by atoms with Gasteiger partial charge in [-0.15, -0.1) is 0 Å². The van der Waals surface area contributed by atoms with Crippen molar-refractivity contribution in [2.24, 2.45) is 0 Å². The van der Waals surface area contributed by atoms with Gasteiger partial charge in [-0.25, -0.2) is 17.2 Å². The van der Waals surface area contributed by atoms with Crippen LogP contribution in [0.5, 0.6) is 0 Å². The first-order valence-electron chi connectivity index (χ1n) is 6.28. The van der Waals surface area contributed by atoms with E-state index in [1.54, 1.807) is 19.2 Å². The van der Waals surface area contributed by atoms with Crippen LogP contribution in [0.4, 0.5) is 14.5 Å². The van der Waals surface area contributed by atoms with Crippen LogP contribution in [-0.4, -0.2) is 13.4 Å². The fourth-order valence-corrected chi connectivity index (χ4v) is 2.61. The largest absolute Gasteiger partial charge is 0.278 e. The summed E-state index contributed by atoms with van der Waals surface area (Å²) in [5, 5.41) is 0. The lowest BCUT2D eigenvalue weighted by atomic mass is 10.3. The van der Waals surface area contributed by atoms with E-state index in [4.69, 9.17) is 0 Å². The van der Waals surface area contributed by atoms with Crippen LogP contribution in [0.1, 0.15) is 19.4 Å². The Kier molecular flexibility index (Phi) is 5.78. The van der Waals surface area contributed by atoms with Crippen molar-refractivity contribution in [3.05, 3.63) is 53.9 Å². The minimum atomic E-state index is -4.11. The molecule has 1 N–H and O–H groups in total. The Balaban J connectivity index is 0.00000106. The van der Waals surface area contributed by atoms with Crippen molar-refractivity contribution < 1.29 is 17.2 Å². The summed E-state index contributed by atoms with van der Waals surface area (Å²) in [6, 6.07) is 3.82. The first-order chi connectivity index (χ1) is 9.88. The molecule has 1 aromatic carbocycles. The number of aromatic nitrogens is 1. The number of nitrogens with zero attached hydrogens (tertiary/aromatic N) is 1. The Bertz CT molecular complexity index is 719. The Morgan fingerprint density at radius 3 is 2.33 bits per heavy atom. The first-order valence-corrected chi connectivity index (χ1v) is 7.76. The van der Waals surface area contributed by atoms with Crippen molar-refractivity contribution in [1.82, 2.24) is 4.98 Å². The highest BCUT2D eigenvalue weighted by atomic mass is 32.2. The number of anilines is 1. The van der Waals surface area contributed by atoms with Crippen LogP contribution in [0.15, 0.2) is 41.6 Å². The zero-order chi connectivity index (χ0) is 16.0. The van der Waals surface area contributed by atoms with E-state index in [0.29, 0.717) is 6.07 Å². The van der Waals surface area contributed by atoms with E-state index < -0.39 is 26.6 Å². The van der Waals surface area contributed by atoms with E-state index in [1.807, 2.05) is 13.8 Å². The number of aryl methyl sites for hydroxylation is 1.